The molecule has 3 aliphatic rings. The zero-order valence-corrected chi connectivity index (χ0v) is 20.4. The fourth-order valence-corrected chi connectivity index (χ4v) is 5.28. The Bertz CT molecular complexity index is 1400. The van der Waals surface area contributed by atoms with E-state index in [1.165, 1.54) is 31.3 Å². The molecule has 36 heavy (non-hydrogen) atoms. The van der Waals surface area contributed by atoms with E-state index >= 15 is 0 Å². The van der Waals surface area contributed by atoms with Gasteiger partial charge in [-0.1, -0.05) is 49.5 Å². The van der Waals surface area contributed by atoms with Crippen LogP contribution in [0.25, 0.3) is 0 Å². The fraction of sp³-hybridized carbons (Fsp3) is 0.276. The molecule has 7 heteroatoms. The number of benzene rings is 1. The van der Waals surface area contributed by atoms with E-state index in [9.17, 15) is 4.39 Å². The molecule has 2 aromatic rings. The normalized spacial score (nSPS) is 17.6. The van der Waals surface area contributed by atoms with Gasteiger partial charge in [-0.15, -0.1) is 0 Å². The Morgan fingerprint density at radius 3 is 2.89 bits per heavy atom. The minimum Gasteiger partial charge on any atom is -0.383 e. The number of nitrogens with two attached hydrogens (primary N) is 1. The lowest BCUT2D eigenvalue weighted by Crippen LogP contribution is -2.37. The van der Waals surface area contributed by atoms with Gasteiger partial charge in [-0.3, -0.25) is 5.41 Å². The Morgan fingerprint density at radius 1 is 1.31 bits per heavy atom. The molecule has 0 amide bonds. The highest BCUT2D eigenvalue weighted by Crippen LogP contribution is 2.40. The largest absolute Gasteiger partial charge is 0.383 e. The van der Waals surface area contributed by atoms with E-state index in [4.69, 9.17) is 11.1 Å². The zero-order valence-electron chi connectivity index (χ0n) is 20.4. The maximum absolute atomic E-state index is 13.8. The van der Waals surface area contributed by atoms with Crippen LogP contribution in [0.15, 0.2) is 77.4 Å². The average molecular weight is 481 g/mol. The Kier molecular flexibility index (Phi) is 6.43. The van der Waals surface area contributed by atoms with Gasteiger partial charge in [0.15, 0.2) is 0 Å². The number of hydrogen-bond donors (Lipinski definition) is 3. The second-order valence-corrected chi connectivity index (χ2v) is 9.28. The van der Waals surface area contributed by atoms with Gasteiger partial charge in [-0.2, -0.15) is 0 Å². The molecule has 4 N–H and O–H groups in total. The lowest BCUT2D eigenvalue weighted by Gasteiger charge is -2.40. The third-order valence-electron chi connectivity index (χ3n) is 6.94. The van der Waals surface area contributed by atoms with E-state index in [1.807, 2.05) is 0 Å². The van der Waals surface area contributed by atoms with Crippen LogP contribution in [0.4, 0.5) is 16.0 Å². The molecule has 0 bridgehead atoms. The average Bonchev–Trinajstić information content (AvgIpc) is 3.32. The van der Waals surface area contributed by atoms with Gasteiger partial charge in [0.05, 0.1) is 17.8 Å². The van der Waals surface area contributed by atoms with Crippen molar-refractivity contribution in [3.63, 3.8) is 0 Å². The van der Waals surface area contributed by atoms with Gasteiger partial charge < -0.3 is 16.0 Å². The van der Waals surface area contributed by atoms with Crippen molar-refractivity contribution in [3.8, 4) is 11.8 Å². The van der Waals surface area contributed by atoms with E-state index in [1.54, 1.807) is 12.1 Å². The van der Waals surface area contributed by atoms with Gasteiger partial charge in [-0.25, -0.2) is 14.4 Å². The van der Waals surface area contributed by atoms with Crippen molar-refractivity contribution in [2.24, 2.45) is 0 Å². The number of allylic oxidation sites excluding steroid dienone is 4. The van der Waals surface area contributed by atoms with Gasteiger partial charge in [0.2, 0.25) is 0 Å². The van der Waals surface area contributed by atoms with Crippen molar-refractivity contribution in [1.82, 2.24) is 14.9 Å². The summed E-state index contributed by atoms with van der Waals surface area (Å²) >= 11 is 0. The summed E-state index contributed by atoms with van der Waals surface area (Å²) in [6.45, 7) is 7.02. The Labute approximate surface area is 211 Å². The highest BCUT2D eigenvalue weighted by molar-refractivity contribution is 6.16. The SMILES string of the molecule is C=C1C2=C(C)C#CCC=C2C=C(CNc2ncnc(N)c2C(=N)c2cccc(F)c2)N1C1CCCC1. The lowest BCUT2D eigenvalue weighted by molar-refractivity contribution is 0.317. The minimum atomic E-state index is -0.417. The topological polar surface area (TPSA) is 90.9 Å². The molecule has 0 saturated heterocycles. The molecule has 1 aliphatic heterocycles. The van der Waals surface area contributed by atoms with Gasteiger partial charge in [0.25, 0.3) is 0 Å². The van der Waals surface area contributed by atoms with Crippen LogP contribution in [0.1, 0.15) is 50.2 Å². The molecule has 1 aromatic carbocycles. The first-order valence-corrected chi connectivity index (χ1v) is 12.2. The zero-order chi connectivity index (χ0) is 25.2. The second kappa shape index (κ2) is 9.82. The fourth-order valence-electron chi connectivity index (χ4n) is 5.28. The maximum Gasteiger partial charge on any atom is 0.141 e. The van der Waals surface area contributed by atoms with Crippen LogP contribution in [0.5, 0.6) is 0 Å². The quantitative estimate of drug-likeness (QED) is 0.384. The Balaban J connectivity index is 1.49. The number of anilines is 2. The molecular formula is C29H29FN6. The third-order valence-corrected chi connectivity index (χ3v) is 6.94. The molecular weight excluding hydrogens is 451 g/mol. The van der Waals surface area contributed by atoms with Crippen molar-refractivity contribution in [2.75, 3.05) is 17.6 Å². The first-order valence-electron chi connectivity index (χ1n) is 12.2. The smallest absolute Gasteiger partial charge is 0.141 e. The molecule has 0 radical (unpaired) electrons. The van der Waals surface area contributed by atoms with E-state index in [0.717, 1.165) is 41.0 Å². The molecule has 1 aromatic heterocycles. The number of nitrogens with one attached hydrogen (secondary N) is 2. The molecule has 0 atom stereocenters. The number of aromatic nitrogens is 2. The molecule has 1 fully saturated rings. The van der Waals surface area contributed by atoms with Gasteiger partial charge >= 0.3 is 0 Å². The van der Waals surface area contributed by atoms with Crippen molar-refractivity contribution >= 4 is 17.3 Å². The predicted octanol–water partition coefficient (Wildman–Crippen LogP) is 5.33. The molecule has 0 unspecified atom stereocenters. The van der Waals surface area contributed by atoms with Crippen LogP contribution in [0.2, 0.25) is 0 Å². The summed E-state index contributed by atoms with van der Waals surface area (Å²) in [5, 5.41) is 12.1. The summed E-state index contributed by atoms with van der Waals surface area (Å²) in [4.78, 5) is 10.8. The summed E-state index contributed by atoms with van der Waals surface area (Å²) < 4.78 is 13.8. The molecule has 182 valence electrons. The van der Waals surface area contributed by atoms with Crippen molar-refractivity contribution in [2.45, 2.75) is 45.1 Å². The summed E-state index contributed by atoms with van der Waals surface area (Å²) in [5.41, 5.74) is 12.4. The summed E-state index contributed by atoms with van der Waals surface area (Å²) in [5.74, 6) is 6.66. The van der Waals surface area contributed by atoms with Crippen LogP contribution in [0.3, 0.4) is 0 Å². The number of hydrogen-bond acceptors (Lipinski definition) is 6. The number of nitrogens with zero attached hydrogens (tertiary/aromatic N) is 3. The molecule has 5 rings (SSSR count). The van der Waals surface area contributed by atoms with Crippen LogP contribution >= 0.6 is 0 Å². The standard InChI is InChI=1S/C29H29FN6/c1-18-8-3-4-9-20-15-24(36(19(2)25(18)20)23-12-5-6-13-23)16-33-29-26(28(32)34-17-35-29)27(31)21-10-7-11-22(30)14-21/h7,9-11,14-15,17,23,31H,2,4-6,12-13,16H2,1H3,(H3,32,33,34,35). The predicted molar refractivity (Wildman–Crippen MR) is 142 cm³/mol. The van der Waals surface area contributed by atoms with Gasteiger partial charge in [0, 0.05) is 40.6 Å². The number of nitrogen functional groups attached to an aromatic ring is 1. The van der Waals surface area contributed by atoms with E-state index in [2.05, 4.69) is 57.7 Å². The van der Waals surface area contributed by atoms with Gasteiger partial charge in [0.1, 0.15) is 23.8 Å². The van der Waals surface area contributed by atoms with Crippen LogP contribution in [-0.2, 0) is 0 Å². The highest BCUT2D eigenvalue weighted by Gasteiger charge is 2.32. The molecule has 2 aliphatic carbocycles. The third kappa shape index (κ3) is 4.42. The Morgan fingerprint density at radius 2 is 2.11 bits per heavy atom. The second-order valence-electron chi connectivity index (χ2n) is 9.28. The van der Waals surface area contributed by atoms with Gasteiger partial charge in [-0.05, 0) is 43.5 Å². The molecule has 1 saturated carbocycles. The molecule has 6 nitrogen and oxygen atoms in total. The number of fused-ring (bicyclic) bond motifs is 1. The first kappa shape index (κ1) is 23.6. The minimum absolute atomic E-state index is 0.0641. The summed E-state index contributed by atoms with van der Waals surface area (Å²) in [6, 6.07) is 6.28. The highest BCUT2D eigenvalue weighted by atomic mass is 19.1. The number of halogens is 1. The summed E-state index contributed by atoms with van der Waals surface area (Å²) in [6.07, 6.45) is 11.1. The molecule has 0 spiro atoms. The van der Waals surface area contributed by atoms with Crippen LogP contribution in [0, 0.1) is 23.1 Å². The summed E-state index contributed by atoms with van der Waals surface area (Å²) in [7, 11) is 0. The van der Waals surface area contributed by atoms with Crippen molar-refractivity contribution in [3.05, 3.63) is 94.4 Å². The lowest BCUT2D eigenvalue weighted by atomic mass is 9.91. The van der Waals surface area contributed by atoms with E-state index in [0.29, 0.717) is 36.0 Å². The van der Waals surface area contributed by atoms with Crippen LogP contribution in [-0.4, -0.2) is 33.2 Å². The first-order chi connectivity index (χ1) is 17.4. The maximum atomic E-state index is 13.8. The number of rotatable bonds is 6. The van der Waals surface area contributed by atoms with Crippen molar-refractivity contribution in [1.29, 1.82) is 5.41 Å². The van der Waals surface area contributed by atoms with E-state index in [-0.39, 0.29) is 11.5 Å². The van der Waals surface area contributed by atoms with E-state index < -0.39 is 5.82 Å². The van der Waals surface area contributed by atoms with Crippen molar-refractivity contribution < 1.29 is 4.39 Å². The monoisotopic (exact) mass is 480 g/mol. The Hall–Kier alpha value is -4.18. The van der Waals surface area contributed by atoms with Crippen LogP contribution < -0.4 is 11.1 Å². The molecule has 2 heterocycles.